The Bertz CT molecular complexity index is 611. The zero-order valence-electron chi connectivity index (χ0n) is 13.2. The first kappa shape index (κ1) is 15.3. The largest absolute Gasteiger partial charge is 0.344 e. The normalized spacial score (nSPS) is 15.8. The van der Waals surface area contributed by atoms with Crippen molar-refractivity contribution in [3.63, 3.8) is 0 Å². The molecule has 1 aromatic heterocycles. The van der Waals surface area contributed by atoms with E-state index in [1.807, 2.05) is 6.07 Å². The minimum Gasteiger partial charge on any atom is -0.344 e. The van der Waals surface area contributed by atoms with Gasteiger partial charge in [0.05, 0.1) is 6.04 Å². The lowest BCUT2D eigenvalue weighted by Gasteiger charge is -2.18. The number of carbonyl (C=O) groups excluding carboxylic acids is 1. The van der Waals surface area contributed by atoms with E-state index in [1.165, 1.54) is 16.0 Å². The molecule has 1 fully saturated rings. The number of benzene rings is 1. The number of nitrogens with one attached hydrogen (secondary N) is 1. The van der Waals surface area contributed by atoms with Crippen LogP contribution in [-0.2, 0) is 11.2 Å². The standard InChI is InChI=1S/C19H23NOS/c1-13(2)12-14-5-7-15(8-6-14)18(17-4-3-11-22-17)20-19(21)16-9-10-16/h3-8,11,13,16,18H,9-10,12H2,1-2H3,(H,20,21)/t18-/m1/s1. The van der Waals surface area contributed by atoms with Gasteiger partial charge in [-0.1, -0.05) is 44.2 Å². The molecule has 1 heterocycles. The summed E-state index contributed by atoms with van der Waals surface area (Å²) in [5.41, 5.74) is 2.53. The summed E-state index contributed by atoms with van der Waals surface area (Å²) in [5, 5.41) is 5.30. The maximum atomic E-state index is 12.2. The molecule has 1 aliphatic carbocycles. The molecule has 3 rings (SSSR count). The summed E-state index contributed by atoms with van der Waals surface area (Å²) in [6, 6.07) is 12.8. The molecule has 0 saturated heterocycles. The molecule has 0 unspecified atom stereocenters. The molecule has 0 spiro atoms. The molecule has 1 aromatic carbocycles. The lowest BCUT2D eigenvalue weighted by atomic mass is 9.98. The van der Waals surface area contributed by atoms with Crippen molar-refractivity contribution in [3.05, 3.63) is 57.8 Å². The van der Waals surface area contributed by atoms with Gasteiger partial charge in [-0.15, -0.1) is 11.3 Å². The molecule has 3 heteroatoms. The summed E-state index contributed by atoms with van der Waals surface area (Å²) in [4.78, 5) is 13.4. The third-order valence-electron chi connectivity index (χ3n) is 4.02. The molecule has 22 heavy (non-hydrogen) atoms. The Kier molecular flexibility index (Phi) is 4.63. The highest BCUT2D eigenvalue weighted by Gasteiger charge is 2.31. The molecule has 0 aliphatic heterocycles. The molecule has 1 saturated carbocycles. The molecule has 0 bridgehead atoms. The second kappa shape index (κ2) is 6.66. The van der Waals surface area contributed by atoms with E-state index in [0.29, 0.717) is 5.92 Å². The van der Waals surface area contributed by atoms with Crippen LogP contribution in [0.2, 0.25) is 0 Å². The van der Waals surface area contributed by atoms with E-state index < -0.39 is 0 Å². The predicted octanol–water partition coefficient (Wildman–Crippen LogP) is 4.56. The molecular weight excluding hydrogens is 290 g/mol. The van der Waals surface area contributed by atoms with Gasteiger partial charge < -0.3 is 5.32 Å². The third kappa shape index (κ3) is 3.77. The van der Waals surface area contributed by atoms with Crippen molar-refractivity contribution in [3.8, 4) is 0 Å². The quantitative estimate of drug-likeness (QED) is 0.832. The molecule has 2 nitrogen and oxygen atoms in total. The van der Waals surface area contributed by atoms with Crippen LogP contribution < -0.4 is 5.32 Å². The summed E-state index contributed by atoms with van der Waals surface area (Å²) in [6.07, 6.45) is 3.17. The van der Waals surface area contributed by atoms with Crippen LogP contribution >= 0.6 is 11.3 Å². The summed E-state index contributed by atoms with van der Waals surface area (Å²) in [5.74, 6) is 1.10. The molecule has 1 atom stereocenters. The Labute approximate surface area is 136 Å². The van der Waals surface area contributed by atoms with Crippen LogP contribution in [0.5, 0.6) is 0 Å². The van der Waals surface area contributed by atoms with Gasteiger partial charge in [0.15, 0.2) is 0 Å². The molecule has 0 radical (unpaired) electrons. The lowest BCUT2D eigenvalue weighted by Crippen LogP contribution is -2.29. The summed E-state index contributed by atoms with van der Waals surface area (Å²) in [7, 11) is 0. The van der Waals surface area contributed by atoms with Gasteiger partial charge in [-0.3, -0.25) is 4.79 Å². The number of carbonyl (C=O) groups is 1. The smallest absolute Gasteiger partial charge is 0.223 e. The Morgan fingerprint density at radius 1 is 1.23 bits per heavy atom. The number of rotatable bonds is 6. The van der Waals surface area contributed by atoms with Crippen molar-refractivity contribution >= 4 is 17.2 Å². The minimum atomic E-state index is -0.0128. The van der Waals surface area contributed by atoms with Crippen LogP contribution in [0.3, 0.4) is 0 Å². The second-order valence-corrected chi connectivity index (χ2v) is 7.55. The summed E-state index contributed by atoms with van der Waals surface area (Å²) < 4.78 is 0. The number of amides is 1. The monoisotopic (exact) mass is 313 g/mol. The van der Waals surface area contributed by atoms with E-state index in [2.05, 4.69) is 54.9 Å². The van der Waals surface area contributed by atoms with Gasteiger partial charge in [-0.05, 0) is 47.8 Å². The van der Waals surface area contributed by atoms with Crippen LogP contribution in [0.1, 0.15) is 48.7 Å². The lowest BCUT2D eigenvalue weighted by molar-refractivity contribution is -0.122. The average molecular weight is 313 g/mol. The van der Waals surface area contributed by atoms with E-state index in [9.17, 15) is 4.79 Å². The number of thiophene rings is 1. The zero-order chi connectivity index (χ0) is 15.5. The molecule has 2 aromatic rings. The minimum absolute atomic E-state index is 0.0128. The van der Waals surface area contributed by atoms with Gasteiger partial charge in [0.25, 0.3) is 0 Å². The molecule has 1 aliphatic rings. The maximum Gasteiger partial charge on any atom is 0.223 e. The number of hydrogen-bond acceptors (Lipinski definition) is 2. The fraction of sp³-hybridized carbons (Fsp3) is 0.421. The van der Waals surface area contributed by atoms with Gasteiger partial charge in [0, 0.05) is 10.8 Å². The van der Waals surface area contributed by atoms with Crippen LogP contribution in [0.25, 0.3) is 0 Å². The Morgan fingerprint density at radius 3 is 2.50 bits per heavy atom. The molecule has 116 valence electrons. The Morgan fingerprint density at radius 2 is 1.95 bits per heavy atom. The van der Waals surface area contributed by atoms with Gasteiger partial charge in [0.1, 0.15) is 0 Å². The first-order valence-electron chi connectivity index (χ1n) is 8.06. The topological polar surface area (TPSA) is 29.1 Å². The van der Waals surface area contributed by atoms with E-state index in [4.69, 9.17) is 0 Å². The SMILES string of the molecule is CC(C)Cc1ccc([C@@H](NC(=O)C2CC2)c2cccs2)cc1. The van der Waals surface area contributed by atoms with Crippen LogP contribution in [0, 0.1) is 11.8 Å². The van der Waals surface area contributed by atoms with Crippen molar-refractivity contribution in [2.24, 2.45) is 11.8 Å². The van der Waals surface area contributed by atoms with E-state index in [0.717, 1.165) is 19.3 Å². The van der Waals surface area contributed by atoms with Crippen molar-refractivity contribution in [1.82, 2.24) is 5.32 Å². The highest BCUT2D eigenvalue weighted by atomic mass is 32.1. The van der Waals surface area contributed by atoms with Crippen LogP contribution in [0.15, 0.2) is 41.8 Å². The Balaban J connectivity index is 1.80. The molecule has 1 N–H and O–H groups in total. The molecule has 1 amide bonds. The van der Waals surface area contributed by atoms with Gasteiger partial charge in [-0.25, -0.2) is 0 Å². The second-order valence-electron chi connectivity index (χ2n) is 6.57. The van der Waals surface area contributed by atoms with E-state index >= 15 is 0 Å². The van der Waals surface area contributed by atoms with Crippen molar-refractivity contribution in [1.29, 1.82) is 0 Å². The highest BCUT2D eigenvalue weighted by Crippen LogP contribution is 2.32. The first-order chi connectivity index (χ1) is 10.6. The van der Waals surface area contributed by atoms with Crippen LogP contribution in [-0.4, -0.2) is 5.91 Å². The average Bonchev–Trinajstić information content (AvgIpc) is 3.21. The number of hydrogen-bond donors (Lipinski definition) is 1. The zero-order valence-corrected chi connectivity index (χ0v) is 14.0. The summed E-state index contributed by atoms with van der Waals surface area (Å²) in [6.45, 7) is 4.47. The van der Waals surface area contributed by atoms with Gasteiger partial charge in [0.2, 0.25) is 5.91 Å². The highest BCUT2D eigenvalue weighted by molar-refractivity contribution is 7.10. The summed E-state index contributed by atoms with van der Waals surface area (Å²) >= 11 is 1.70. The fourth-order valence-corrected chi connectivity index (χ4v) is 3.50. The third-order valence-corrected chi connectivity index (χ3v) is 4.96. The van der Waals surface area contributed by atoms with E-state index in [-0.39, 0.29) is 17.9 Å². The van der Waals surface area contributed by atoms with E-state index in [1.54, 1.807) is 11.3 Å². The first-order valence-corrected chi connectivity index (χ1v) is 8.94. The molecular formula is C19H23NOS. The van der Waals surface area contributed by atoms with Gasteiger partial charge >= 0.3 is 0 Å². The van der Waals surface area contributed by atoms with Crippen LogP contribution in [0.4, 0.5) is 0 Å². The maximum absolute atomic E-state index is 12.2. The van der Waals surface area contributed by atoms with Crippen molar-refractivity contribution < 1.29 is 4.79 Å². The fourth-order valence-electron chi connectivity index (χ4n) is 2.70. The predicted molar refractivity (Wildman–Crippen MR) is 92.0 cm³/mol. The van der Waals surface area contributed by atoms with Crippen molar-refractivity contribution in [2.45, 2.75) is 39.2 Å². The van der Waals surface area contributed by atoms with Gasteiger partial charge in [-0.2, -0.15) is 0 Å². The Hall–Kier alpha value is -1.61. The van der Waals surface area contributed by atoms with Crippen molar-refractivity contribution in [2.75, 3.05) is 0 Å².